The van der Waals surface area contributed by atoms with Crippen LogP contribution in [-0.2, 0) is 0 Å². The van der Waals surface area contributed by atoms with Crippen LogP contribution in [0.5, 0.6) is 0 Å². The Hall–Kier alpha value is -7.62. The molecule has 3 nitrogen and oxygen atoms in total. The summed E-state index contributed by atoms with van der Waals surface area (Å²) in [4.78, 5) is 2.39. The Morgan fingerprint density at radius 3 is 1.37 bits per heavy atom. The lowest BCUT2D eigenvalue weighted by Crippen LogP contribution is -2.11. The second-order valence-corrected chi connectivity index (χ2v) is 14.5. The molecule has 2 heterocycles. The summed E-state index contributed by atoms with van der Waals surface area (Å²) in [5, 5.41) is 5.02. The van der Waals surface area contributed by atoms with Gasteiger partial charge in [-0.05, 0) is 83.9 Å². The molecule has 0 aliphatic rings. The first kappa shape index (κ1) is 32.8. The minimum Gasteiger partial charge on any atom is -0.310 e. The minimum absolute atomic E-state index is 1.09. The van der Waals surface area contributed by atoms with Crippen LogP contribution in [0, 0.1) is 0 Å². The van der Waals surface area contributed by atoms with Gasteiger partial charge in [0.05, 0.1) is 27.8 Å². The van der Waals surface area contributed by atoms with Gasteiger partial charge in [-0.1, -0.05) is 152 Å². The van der Waals surface area contributed by atoms with Gasteiger partial charge in [0.15, 0.2) is 0 Å². The molecule has 11 rings (SSSR count). The third-order valence-electron chi connectivity index (χ3n) is 11.3. The predicted molar refractivity (Wildman–Crippen MR) is 241 cm³/mol. The standard InChI is InChI=1S/C54H37N3/c1-3-16-38(17-4-1)44-20-7-11-26-50(44)55(42-34-36-43(37-35-42)56-51-27-12-8-21-46(51)47-22-9-13-28-52(47)56)41-32-30-39(31-33-41)45-24-15-25-49-48-23-10-14-29-53(48)57(54(45)49)40-18-5-2-6-19-40/h1-37H. The van der Waals surface area contributed by atoms with E-state index in [9.17, 15) is 0 Å². The number of rotatable bonds is 7. The number of fused-ring (bicyclic) bond motifs is 6. The molecule has 57 heavy (non-hydrogen) atoms. The highest BCUT2D eigenvalue weighted by Crippen LogP contribution is 2.43. The van der Waals surface area contributed by atoms with Gasteiger partial charge in [-0.2, -0.15) is 0 Å². The predicted octanol–water partition coefficient (Wildman–Crippen LogP) is 14.7. The number of aromatic nitrogens is 2. The van der Waals surface area contributed by atoms with E-state index in [1.807, 2.05) is 0 Å². The summed E-state index contributed by atoms with van der Waals surface area (Å²) in [5.74, 6) is 0. The molecule has 0 aliphatic heterocycles. The average Bonchev–Trinajstić information content (AvgIpc) is 3.81. The van der Waals surface area contributed by atoms with Crippen LogP contribution in [0.3, 0.4) is 0 Å². The van der Waals surface area contributed by atoms with E-state index in [2.05, 4.69) is 238 Å². The summed E-state index contributed by atoms with van der Waals surface area (Å²) < 4.78 is 4.79. The van der Waals surface area contributed by atoms with Crippen molar-refractivity contribution in [2.75, 3.05) is 4.90 Å². The third-order valence-corrected chi connectivity index (χ3v) is 11.3. The summed E-state index contributed by atoms with van der Waals surface area (Å²) in [6.45, 7) is 0. The molecule has 0 unspecified atom stereocenters. The van der Waals surface area contributed by atoms with Gasteiger partial charge in [-0.25, -0.2) is 0 Å². The highest BCUT2D eigenvalue weighted by Gasteiger charge is 2.20. The molecule has 0 atom stereocenters. The molecule has 268 valence electrons. The third kappa shape index (κ3) is 5.43. The van der Waals surface area contributed by atoms with Gasteiger partial charge in [0.1, 0.15) is 0 Å². The van der Waals surface area contributed by atoms with Crippen LogP contribution in [0.15, 0.2) is 224 Å². The quantitative estimate of drug-likeness (QED) is 0.159. The van der Waals surface area contributed by atoms with Gasteiger partial charge in [0.2, 0.25) is 0 Å². The maximum atomic E-state index is 2.41. The molecule has 9 aromatic carbocycles. The molecule has 0 radical (unpaired) electrons. The fourth-order valence-electron chi connectivity index (χ4n) is 8.80. The van der Waals surface area contributed by atoms with Crippen molar-refractivity contribution in [1.82, 2.24) is 9.13 Å². The van der Waals surface area contributed by atoms with Crippen LogP contribution in [0.25, 0.3) is 77.2 Å². The van der Waals surface area contributed by atoms with Crippen molar-refractivity contribution in [3.63, 3.8) is 0 Å². The largest absolute Gasteiger partial charge is 0.310 e. The monoisotopic (exact) mass is 727 g/mol. The highest BCUT2D eigenvalue weighted by atomic mass is 15.1. The van der Waals surface area contributed by atoms with E-state index in [4.69, 9.17) is 0 Å². The van der Waals surface area contributed by atoms with E-state index in [0.29, 0.717) is 0 Å². The van der Waals surface area contributed by atoms with Gasteiger partial charge < -0.3 is 14.0 Å². The number of anilines is 3. The second kappa shape index (κ2) is 13.6. The molecule has 0 fully saturated rings. The zero-order chi connectivity index (χ0) is 37.7. The van der Waals surface area contributed by atoms with Gasteiger partial charge >= 0.3 is 0 Å². The molecule has 3 heteroatoms. The van der Waals surface area contributed by atoms with Crippen molar-refractivity contribution in [3.8, 4) is 33.6 Å². The molecule has 0 spiro atoms. The molecule has 11 aromatic rings. The van der Waals surface area contributed by atoms with E-state index in [0.717, 1.165) is 28.4 Å². The van der Waals surface area contributed by atoms with Crippen molar-refractivity contribution < 1.29 is 0 Å². The van der Waals surface area contributed by atoms with E-state index in [1.54, 1.807) is 0 Å². The Kier molecular flexibility index (Phi) is 7.82. The van der Waals surface area contributed by atoms with Crippen molar-refractivity contribution in [1.29, 1.82) is 0 Å². The van der Waals surface area contributed by atoms with Crippen molar-refractivity contribution in [3.05, 3.63) is 224 Å². The second-order valence-electron chi connectivity index (χ2n) is 14.5. The normalized spacial score (nSPS) is 11.5. The number of benzene rings is 9. The number of para-hydroxylation sites is 6. The summed E-state index contributed by atoms with van der Waals surface area (Å²) in [5.41, 5.74) is 15.1. The lowest BCUT2D eigenvalue weighted by Gasteiger charge is -2.28. The Bertz CT molecular complexity index is 3160. The van der Waals surface area contributed by atoms with Crippen molar-refractivity contribution in [2.24, 2.45) is 0 Å². The molecule has 0 aliphatic carbocycles. The van der Waals surface area contributed by atoms with Crippen LogP contribution < -0.4 is 4.90 Å². The van der Waals surface area contributed by atoms with Gasteiger partial charge in [0.25, 0.3) is 0 Å². The molecule has 0 N–H and O–H groups in total. The maximum Gasteiger partial charge on any atom is 0.0619 e. The Balaban J connectivity index is 1.07. The van der Waals surface area contributed by atoms with Gasteiger partial charge in [-0.15, -0.1) is 0 Å². The Labute approximate surface area is 331 Å². The zero-order valence-corrected chi connectivity index (χ0v) is 31.2. The van der Waals surface area contributed by atoms with Crippen LogP contribution >= 0.6 is 0 Å². The Morgan fingerprint density at radius 1 is 0.281 bits per heavy atom. The van der Waals surface area contributed by atoms with E-state index in [-0.39, 0.29) is 0 Å². The van der Waals surface area contributed by atoms with Crippen molar-refractivity contribution >= 4 is 60.7 Å². The summed E-state index contributed by atoms with van der Waals surface area (Å²) in [6, 6.07) is 81.0. The number of hydrogen-bond donors (Lipinski definition) is 0. The molecule has 0 bridgehead atoms. The first-order chi connectivity index (χ1) is 28.3. The molecule has 0 amide bonds. The average molecular weight is 728 g/mol. The van der Waals surface area contributed by atoms with E-state index in [1.165, 1.54) is 65.9 Å². The first-order valence-corrected chi connectivity index (χ1v) is 19.5. The molecular formula is C54H37N3. The summed E-state index contributed by atoms with van der Waals surface area (Å²) >= 11 is 0. The number of hydrogen-bond acceptors (Lipinski definition) is 1. The molecule has 0 saturated heterocycles. The van der Waals surface area contributed by atoms with Crippen LogP contribution in [-0.4, -0.2) is 9.13 Å². The zero-order valence-electron chi connectivity index (χ0n) is 31.2. The van der Waals surface area contributed by atoms with Crippen LogP contribution in [0.4, 0.5) is 17.1 Å². The molecular weight excluding hydrogens is 691 g/mol. The SMILES string of the molecule is c1ccc(-c2ccccc2N(c2ccc(-c3cccc4c5ccccc5n(-c5ccccc5)c34)cc2)c2ccc(-n3c4ccccc4c4ccccc43)cc2)cc1. The minimum atomic E-state index is 1.09. The Morgan fingerprint density at radius 2 is 0.719 bits per heavy atom. The van der Waals surface area contributed by atoms with E-state index < -0.39 is 0 Å². The molecule has 0 saturated carbocycles. The summed E-state index contributed by atoms with van der Waals surface area (Å²) in [7, 11) is 0. The van der Waals surface area contributed by atoms with Crippen molar-refractivity contribution in [2.45, 2.75) is 0 Å². The first-order valence-electron chi connectivity index (χ1n) is 19.5. The smallest absolute Gasteiger partial charge is 0.0619 e. The number of nitrogens with zero attached hydrogens (tertiary/aromatic N) is 3. The molecule has 2 aromatic heterocycles. The fraction of sp³-hybridized carbons (Fsp3) is 0. The van der Waals surface area contributed by atoms with Gasteiger partial charge in [0, 0.05) is 55.4 Å². The lowest BCUT2D eigenvalue weighted by atomic mass is 10.00. The van der Waals surface area contributed by atoms with Crippen LogP contribution in [0.1, 0.15) is 0 Å². The lowest BCUT2D eigenvalue weighted by molar-refractivity contribution is 1.17. The maximum absolute atomic E-state index is 2.41. The fourth-order valence-corrected chi connectivity index (χ4v) is 8.80. The van der Waals surface area contributed by atoms with Crippen LogP contribution in [0.2, 0.25) is 0 Å². The van der Waals surface area contributed by atoms with Gasteiger partial charge in [-0.3, -0.25) is 0 Å². The van der Waals surface area contributed by atoms with E-state index >= 15 is 0 Å². The summed E-state index contributed by atoms with van der Waals surface area (Å²) in [6.07, 6.45) is 0. The highest BCUT2D eigenvalue weighted by molar-refractivity contribution is 6.14. The topological polar surface area (TPSA) is 13.1 Å².